The number of benzene rings is 1. The summed E-state index contributed by atoms with van der Waals surface area (Å²) in [6.07, 6.45) is 10.9. The van der Waals surface area contributed by atoms with E-state index in [2.05, 4.69) is 76.0 Å². The van der Waals surface area contributed by atoms with Gasteiger partial charge in [-0.3, -0.25) is 9.69 Å². The lowest BCUT2D eigenvalue weighted by molar-refractivity contribution is 0.0598. The number of hydrogen-bond acceptors (Lipinski definition) is 5. The van der Waals surface area contributed by atoms with E-state index in [0.717, 1.165) is 48.0 Å². The van der Waals surface area contributed by atoms with E-state index in [4.69, 9.17) is 0 Å². The molecule has 1 atom stereocenters. The molecule has 7 nitrogen and oxygen atoms in total. The van der Waals surface area contributed by atoms with Crippen molar-refractivity contribution in [3.8, 4) is 0 Å². The van der Waals surface area contributed by atoms with Crippen LogP contribution in [0.15, 0.2) is 23.0 Å². The zero-order chi connectivity index (χ0) is 24.5. The largest absolute Gasteiger partial charge is 0.322 e. The molecule has 0 aliphatic heterocycles. The van der Waals surface area contributed by atoms with E-state index < -0.39 is 0 Å². The van der Waals surface area contributed by atoms with Crippen LogP contribution in [0.4, 0.5) is 0 Å². The Bertz CT molecular complexity index is 1220. The Balaban J connectivity index is 1.57. The molecule has 188 valence electrons. The Morgan fingerprint density at radius 3 is 2.46 bits per heavy atom. The number of nitrogens with zero attached hydrogens (tertiary/aromatic N) is 5. The molecule has 0 amide bonds. The molecule has 2 heterocycles. The lowest BCUT2D eigenvalue weighted by Gasteiger charge is -2.41. The van der Waals surface area contributed by atoms with Crippen LogP contribution in [0.3, 0.4) is 0 Å². The second-order valence-corrected chi connectivity index (χ2v) is 11.2. The van der Waals surface area contributed by atoms with Gasteiger partial charge in [0.2, 0.25) is 0 Å². The molecule has 3 aromatic rings. The highest BCUT2D eigenvalue weighted by atomic mass is 16.1. The Kier molecular flexibility index (Phi) is 7.05. The van der Waals surface area contributed by atoms with Crippen molar-refractivity contribution in [1.82, 2.24) is 30.1 Å². The van der Waals surface area contributed by atoms with Gasteiger partial charge in [-0.1, -0.05) is 52.0 Å². The molecule has 0 radical (unpaired) electrons. The Morgan fingerprint density at radius 2 is 1.74 bits per heavy atom. The van der Waals surface area contributed by atoms with Gasteiger partial charge in [-0.05, 0) is 79.1 Å². The number of rotatable bonds is 7. The first-order valence-corrected chi connectivity index (χ1v) is 13.6. The smallest absolute Gasteiger partial charge is 0.252 e. The van der Waals surface area contributed by atoms with E-state index in [9.17, 15) is 4.79 Å². The lowest BCUT2D eigenvalue weighted by Crippen LogP contribution is -2.43. The summed E-state index contributed by atoms with van der Waals surface area (Å²) < 4.78 is 2.12. The number of fused-ring (bicyclic) bond motifs is 1. The fourth-order valence-electron chi connectivity index (χ4n) is 6.53. The van der Waals surface area contributed by atoms with Crippen LogP contribution < -0.4 is 5.56 Å². The van der Waals surface area contributed by atoms with Crippen molar-refractivity contribution in [2.75, 3.05) is 0 Å². The van der Waals surface area contributed by atoms with Gasteiger partial charge in [0.15, 0.2) is 5.82 Å². The van der Waals surface area contributed by atoms with Crippen molar-refractivity contribution in [1.29, 1.82) is 0 Å². The van der Waals surface area contributed by atoms with Crippen LogP contribution in [0.5, 0.6) is 0 Å². The Morgan fingerprint density at radius 1 is 1.03 bits per heavy atom. The highest BCUT2D eigenvalue weighted by Gasteiger charge is 2.36. The molecular formula is C28H40N6O. The topological polar surface area (TPSA) is 79.7 Å². The summed E-state index contributed by atoms with van der Waals surface area (Å²) in [5.41, 5.74) is 4.14. The molecule has 1 N–H and O–H groups in total. The maximum atomic E-state index is 13.3. The zero-order valence-electron chi connectivity index (χ0n) is 21.8. The quantitative estimate of drug-likeness (QED) is 0.468. The van der Waals surface area contributed by atoms with E-state index in [1.54, 1.807) is 0 Å². The number of aryl methyl sites for hydroxylation is 2. The predicted octanol–water partition coefficient (Wildman–Crippen LogP) is 5.78. The van der Waals surface area contributed by atoms with Gasteiger partial charge in [0.1, 0.15) is 0 Å². The third-order valence-electron chi connectivity index (χ3n) is 8.23. The average Bonchev–Trinajstić information content (AvgIpc) is 3.52. The van der Waals surface area contributed by atoms with Crippen molar-refractivity contribution in [2.45, 2.75) is 110 Å². The van der Waals surface area contributed by atoms with Crippen LogP contribution in [0.1, 0.15) is 106 Å². The fraction of sp³-hybridized carbons (Fsp3) is 0.643. The second kappa shape index (κ2) is 10.2. The van der Waals surface area contributed by atoms with Crippen molar-refractivity contribution >= 4 is 10.9 Å². The summed E-state index contributed by atoms with van der Waals surface area (Å²) in [6, 6.07) is 7.27. The van der Waals surface area contributed by atoms with E-state index in [1.165, 1.54) is 43.2 Å². The molecule has 0 saturated heterocycles. The first-order valence-electron chi connectivity index (χ1n) is 13.6. The fourth-order valence-corrected chi connectivity index (χ4v) is 6.53. The summed E-state index contributed by atoms with van der Waals surface area (Å²) in [6.45, 7) is 9.36. The van der Waals surface area contributed by atoms with E-state index in [0.29, 0.717) is 24.5 Å². The van der Waals surface area contributed by atoms with Gasteiger partial charge in [-0.15, -0.1) is 5.10 Å². The van der Waals surface area contributed by atoms with Crippen molar-refractivity contribution in [2.24, 2.45) is 5.92 Å². The monoisotopic (exact) mass is 476 g/mol. The van der Waals surface area contributed by atoms with Gasteiger partial charge in [0, 0.05) is 29.1 Å². The van der Waals surface area contributed by atoms with E-state index in [-0.39, 0.29) is 11.6 Å². The highest BCUT2D eigenvalue weighted by molar-refractivity contribution is 5.83. The normalized spacial score (nSPS) is 18.8. The molecule has 0 unspecified atom stereocenters. The molecule has 2 fully saturated rings. The minimum absolute atomic E-state index is 0.0150. The molecule has 0 spiro atoms. The van der Waals surface area contributed by atoms with Crippen LogP contribution >= 0.6 is 0 Å². The number of tetrazole rings is 1. The van der Waals surface area contributed by atoms with Gasteiger partial charge in [0.05, 0.1) is 12.1 Å². The zero-order valence-corrected chi connectivity index (χ0v) is 21.8. The van der Waals surface area contributed by atoms with Crippen molar-refractivity contribution in [3.63, 3.8) is 0 Å². The number of aromatic amines is 1. The third kappa shape index (κ3) is 4.92. The molecule has 35 heavy (non-hydrogen) atoms. The lowest BCUT2D eigenvalue weighted by atomic mass is 9.90. The van der Waals surface area contributed by atoms with Crippen LogP contribution in [0, 0.1) is 19.8 Å². The van der Waals surface area contributed by atoms with Gasteiger partial charge >= 0.3 is 0 Å². The first-order chi connectivity index (χ1) is 16.9. The Labute approximate surface area is 208 Å². The highest BCUT2D eigenvalue weighted by Crippen LogP contribution is 2.38. The summed E-state index contributed by atoms with van der Waals surface area (Å²) in [7, 11) is 0. The number of pyridine rings is 1. The van der Waals surface area contributed by atoms with Crippen molar-refractivity contribution in [3.05, 3.63) is 51.1 Å². The molecule has 5 rings (SSSR count). The number of hydrogen-bond donors (Lipinski definition) is 1. The molecule has 2 aliphatic rings. The minimum atomic E-state index is 0.0150. The molecule has 0 bridgehead atoms. The molecule has 2 saturated carbocycles. The average molecular weight is 477 g/mol. The maximum Gasteiger partial charge on any atom is 0.252 e. The van der Waals surface area contributed by atoms with Gasteiger partial charge in [-0.2, -0.15) is 0 Å². The molecule has 2 aromatic heterocycles. The molecular weight excluding hydrogens is 436 g/mol. The predicted molar refractivity (Wildman–Crippen MR) is 139 cm³/mol. The van der Waals surface area contributed by atoms with Crippen LogP contribution in [0.2, 0.25) is 0 Å². The first kappa shape index (κ1) is 24.2. The van der Waals surface area contributed by atoms with Crippen LogP contribution in [0.25, 0.3) is 10.9 Å². The summed E-state index contributed by atoms with van der Waals surface area (Å²) >= 11 is 0. The van der Waals surface area contributed by atoms with Gasteiger partial charge in [0.25, 0.3) is 5.56 Å². The third-order valence-corrected chi connectivity index (χ3v) is 8.23. The van der Waals surface area contributed by atoms with E-state index in [1.807, 2.05) is 0 Å². The van der Waals surface area contributed by atoms with Crippen LogP contribution in [-0.4, -0.2) is 36.1 Å². The van der Waals surface area contributed by atoms with Crippen molar-refractivity contribution < 1.29 is 0 Å². The molecule has 7 heteroatoms. The molecule has 1 aromatic carbocycles. The summed E-state index contributed by atoms with van der Waals surface area (Å²) in [4.78, 5) is 19.1. The van der Waals surface area contributed by atoms with E-state index >= 15 is 0 Å². The number of H-pyrrole nitrogens is 1. The number of aromatic nitrogens is 5. The second-order valence-electron chi connectivity index (χ2n) is 11.2. The minimum Gasteiger partial charge on any atom is -0.322 e. The maximum absolute atomic E-state index is 13.3. The number of nitrogens with one attached hydrogen (secondary N) is 1. The molecule has 2 aliphatic carbocycles. The standard InChI is InChI=1S/C28H40N6O/c1-18(2)26(27-30-31-32-34(27)23-12-8-9-13-23)33(22-10-6-5-7-11-22)17-21-16-24-20(4)14-19(3)15-25(24)29-28(21)35/h14-16,18,22-23,26H,5-13,17H2,1-4H3,(H,29,35)/t26-/m1/s1. The summed E-state index contributed by atoms with van der Waals surface area (Å²) in [5, 5.41) is 14.4. The Hall–Kier alpha value is -2.54. The SMILES string of the molecule is Cc1cc(C)c2cc(CN(C3CCCCC3)[C@@H](c3nnnn3C3CCCC3)C(C)C)c(=O)[nH]c2c1. The summed E-state index contributed by atoms with van der Waals surface area (Å²) in [5.74, 6) is 1.30. The van der Waals surface area contributed by atoms with Crippen LogP contribution in [-0.2, 0) is 6.54 Å². The van der Waals surface area contributed by atoms with Gasteiger partial charge in [-0.25, -0.2) is 4.68 Å². The van der Waals surface area contributed by atoms with Gasteiger partial charge < -0.3 is 4.98 Å².